The second-order valence-electron chi connectivity index (χ2n) is 7.25. The summed E-state index contributed by atoms with van der Waals surface area (Å²) in [4.78, 5) is 7.56. The fourth-order valence-electron chi connectivity index (χ4n) is 3.43. The molecule has 0 atom stereocenters. The number of hydrogen-bond donors (Lipinski definition) is 2. The molecule has 8 heteroatoms. The molecule has 1 saturated heterocycles. The number of benzene rings is 1. The molecular formula is C20H35IN4O2S. The van der Waals surface area contributed by atoms with Gasteiger partial charge >= 0.3 is 0 Å². The summed E-state index contributed by atoms with van der Waals surface area (Å²) in [7, 11) is -3.18. The van der Waals surface area contributed by atoms with Gasteiger partial charge in [0.25, 0.3) is 0 Å². The van der Waals surface area contributed by atoms with Crippen molar-refractivity contribution in [2.24, 2.45) is 4.99 Å². The molecule has 0 spiro atoms. The maximum Gasteiger partial charge on any atom is 0.191 e. The molecule has 1 heterocycles. The predicted molar refractivity (Wildman–Crippen MR) is 127 cm³/mol. The Kier molecular flexibility index (Phi) is 11.4. The lowest BCUT2D eigenvalue weighted by Crippen LogP contribution is -2.41. The highest BCUT2D eigenvalue weighted by Gasteiger charge is 2.11. The molecule has 1 aromatic rings. The third kappa shape index (κ3) is 8.65. The van der Waals surface area contributed by atoms with Crippen molar-refractivity contribution in [2.45, 2.75) is 51.0 Å². The van der Waals surface area contributed by atoms with Gasteiger partial charge in [0.15, 0.2) is 15.8 Å². The summed E-state index contributed by atoms with van der Waals surface area (Å²) in [5, 5.41) is 6.69. The summed E-state index contributed by atoms with van der Waals surface area (Å²) in [6.45, 7) is 9.50. The zero-order valence-electron chi connectivity index (χ0n) is 17.3. The van der Waals surface area contributed by atoms with Crippen molar-refractivity contribution in [3.63, 3.8) is 0 Å². The van der Waals surface area contributed by atoms with E-state index >= 15 is 0 Å². The Morgan fingerprint density at radius 3 is 2.39 bits per heavy atom. The van der Waals surface area contributed by atoms with Crippen LogP contribution in [0, 0.1) is 6.92 Å². The van der Waals surface area contributed by atoms with Crippen molar-refractivity contribution >= 4 is 39.8 Å². The van der Waals surface area contributed by atoms with Gasteiger partial charge in [-0.25, -0.2) is 13.4 Å². The van der Waals surface area contributed by atoms with Crippen LogP contribution in [0.25, 0.3) is 0 Å². The molecule has 0 amide bonds. The number of nitrogens with zero attached hydrogens (tertiary/aromatic N) is 2. The number of hydrogen-bond acceptors (Lipinski definition) is 4. The molecule has 1 aliphatic rings. The first-order chi connectivity index (χ1) is 12.9. The van der Waals surface area contributed by atoms with E-state index < -0.39 is 9.84 Å². The van der Waals surface area contributed by atoms with Gasteiger partial charge in [0.1, 0.15) is 0 Å². The normalized spacial score (nSPS) is 16.2. The molecule has 0 aromatic heterocycles. The van der Waals surface area contributed by atoms with Crippen LogP contribution >= 0.6 is 24.0 Å². The number of likely N-dealkylation sites (tertiary alicyclic amines) is 1. The van der Waals surface area contributed by atoms with Crippen LogP contribution < -0.4 is 10.6 Å². The molecule has 2 N–H and O–H groups in total. The van der Waals surface area contributed by atoms with E-state index in [0.717, 1.165) is 36.7 Å². The topological polar surface area (TPSA) is 73.8 Å². The van der Waals surface area contributed by atoms with Crippen molar-refractivity contribution in [3.05, 3.63) is 29.3 Å². The van der Waals surface area contributed by atoms with Crippen LogP contribution in [-0.2, 0) is 16.4 Å². The number of nitrogens with one attached hydrogen (secondary N) is 2. The summed E-state index contributed by atoms with van der Waals surface area (Å²) in [5.74, 6) is 0.803. The second-order valence-corrected chi connectivity index (χ2v) is 9.23. The van der Waals surface area contributed by atoms with Crippen LogP contribution in [0.2, 0.25) is 0 Å². The van der Waals surface area contributed by atoms with E-state index in [2.05, 4.69) is 27.4 Å². The Morgan fingerprint density at radius 2 is 1.82 bits per heavy atom. The second kappa shape index (κ2) is 12.6. The number of guanidine groups is 1. The van der Waals surface area contributed by atoms with Crippen molar-refractivity contribution in [1.82, 2.24) is 15.5 Å². The van der Waals surface area contributed by atoms with E-state index in [1.54, 1.807) is 6.07 Å². The van der Waals surface area contributed by atoms with E-state index in [4.69, 9.17) is 0 Å². The third-order valence-corrected chi connectivity index (χ3v) is 6.08. The van der Waals surface area contributed by atoms with Crippen molar-refractivity contribution < 1.29 is 8.42 Å². The Hall–Kier alpha value is -0.870. The lowest BCUT2D eigenvalue weighted by Gasteiger charge is -2.20. The molecule has 28 heavy (non-hydrogen) atoms. The molecule has 1 aliphatic heterocycles. The fraction of sp³-hybridized carbons (Fsp3) is 0.650. The van der Waals surface area contributed by atoms with E-state index in [9.17, 15) is 8.42 Å². The number of aliphatic imine (C=N–C) groups is 1. The molecule has 0 radical (unpaired) electrons. The molecule has 6 nitrogen and oxygen atoms in total. The monoisotopic (exact) mass is 522 g/mol. The van der Waals surface area contributed by atoms with Crippen LogP contribution in [0.1, 0.15) is 43.7 Å². The summed E-state index contributed by atoms with van der Waals surface area (Å²) < 4.78 is 23.5. The van der Waals surface area contributed by atoms with Gasteiger partial charge in [-0.3, -0.25) is 0 Å². The molecule has 2 rings (SSSR count). The smallest absolute Gasteiger partial charge is 0.191 e. The molecule has 1 fully saturated rings. The van der Waals surface area contributed by atoms with Gasteiger partial charge in [-0.2, -0.15) is 0 Å². The highest BCUT2D eigenvalue weighted by Crippen LogP contribution is 2.17. The first-order valence-electron chi connectivity index (χ1n) is 9.94. The number of sulfone groups is 1. The standard InChI is InChI=1S/C20H34N4O2S.HI/c1-4-21-20(22-11-14-24-12-7-5-6-8-13-24)23-16-18-9-10-19(17(2)15-18)27(3,25)26;/h9-10,15H,4-8,11-14,16H2,1-3H3,(H2,21,22,23);1H. The Labute approximate surface area is 187 Å². The van der Waals surface area contributed by atoms with Crippen molar-refractivity contribution in [3.8, 4) is 0 Å². The van der Waals surface area contributed by atoms with Gasteiger partial charge < -0.3 is 15.5 Å². The molecule has 0 saturated carbocycles. The first-order valence-corrected chi connectivity index (χ1v) is 11.8. The van der Waals surface area contributed by atoms with Crippen molar-refractivity contribution in [1.29, 1.82) is 0 Å². The third-order valence-electron chi connectivity index (χ3n) is 4.82. The van der Waals surface area contributed by atoms with Crippen LogP contribution in [-0.4, -0.2) is 58.3 Å². The maximum atomic E-state index is 11.7. The molecule has 1 aromatic carbocycles. The van der Waals surface area contributed by atoms with E-state index in [-0.39, 0.29) is 24.0 Å². The summed E-state index contributed by atoms with van der Waals surface area (Å²) >= 11 is 0. The molecule has 0 unspecified atom stereocenters. The zero-order chi connectivity index (χ0) is 19.7. The molecular weight excluding hydrogens is 487 g/mol. The molecule has 0 bridgehead atoms. The quantitative estimate of drug-likeness (QED) is 0.327. The average molecular weight is 522 g/mol. The van der Waals surface area contributed by atoms with Gasteiger partial charge in [-0.1, -0.05) is 25.0 Å². The first kappa shape index (κ1) is 25.2. The minimum absolute atomic E-state index is 0. The van der Waals surface area contributed by atoms with Crippen LogP contribution in [0.3, 0.4) is 0 Å². The highest BCUT2D eigenvalue weighted by atomic mass is 127. The largest absolute Gasteiger partial charge is 0.357 e. The number of rotatable bonds is 7. The van der Waals surface area contributed by atoms with Crippen LogP contribution in [0.5, 0.6) is 0 Å². The number of aryl methyl sites for hydroxylation is 1. The van der Waals surface area contributed by atoms with Crippen LogP contribution in [0.15, 0.2) is 28.1 Å². The summed E-state index contributed by atoms with van der Waals surface area (Å²) in [6, 6.07) is 5.42. The van der Waals surface area contributed by atoms with Gasteiger partial charge in [0.05, 0.1) is 11.4 Å². The Morgan fingerprint density at radius 1 is 1.14 bits per heavy atom. The predicted octanol–water partition coefficient (Wildman–Crippen LogP) is 2.95. The minimum atomic E-state index is -3.18. The van der Waals surface area contributed by atoms with E-state index in [1.807, 2.05) is 19.1 Å². The van der Waals surface area contributed by atoms with Crippen LogP contribution in [0.4, 0.5) is 0 Å². The zero-order valence-corrected chi connectivity index (χ0v) is 20.5. The lowest BCUT2D eigenvalue weighted by atomic mass is 10.1. The summed E-state index contributed by atoms with van der Waals surface area (Å²) in [6.07, 6.45) is 6.55. The highest BCUT2D eigenvalue weighted by molar-refractivity contribution is 14.0. The Balaban J connectivity index is 0.00000392. The number of halogens is 1. The molecule has 160 valence electrons. The van der Waals surface area contributed by atoms with Gasteiger partial charge in [0.2, 0.25) is 0 Å². The van der Waals surface area contributed by atoms with E-state index in [1.165, 1.54) is 45.0 Å². The fourth-order valence-corrected chi connectivity index (χ4v) is 4.39. The van der Waals surface area contributed by atoms with Gasteiger partial charge in [0, 0.05) is 25.9 Å². The lowest BCUT2D eigenvalue weighted by molar-refractivity contribution is 0.289. The summed E-state index contributed by atoms with van der Waals surface area (Å²) in [5.41, 5.74) is 1.77. The van der Waals surface area contributed by atoms with Gasteiger partial charge in [-0.15, -0.1) is 24.0 Å². The van der Waals surface area contributed by atoms with E-state index in [0.29, 0.717) is 11.4 Å². The van der Waals surface area contributed by atoms with Crippen molar-refractivity contribution in [2.75, 3.05) is 39.0 Å². The minimum Gasteiger partial charge on any atom is -0.357 e. The Bertz CT molecular complexity index is 730. The SMILES string of the molecule is CCNC(=NCc1ccc(S(C)(=O)=O)c(C)c1)NCCN1CCCCCC1.I. The van der Waals surface area contributed by atoms with Gasteiger partial charge in [-0.05, 0) is 57.0 Å². The maximum absolute atomic E-state index is 11.7. The average Bonchev–Trinajstić information content (AvgIpc) is 2.87. The molecule has 0 aliphatic carbocycles.